The zero-order chi connectivity index (χ0) is 23.8. The summed E-state index contributed by atoms with van der Waals surface area (Å²) in [6, 6.07) is 10.9. The van der Waals surface area contributed by atoms with Crippen LogP contribution in [0.25, 0.3) is 10.9 Å². The van der Waals surface area contributed by atoms with Gasteiger partial charge in [0.05, 0.1) is 26.9 Å². The summed E-state index contributed by atoms with van der Waals surface area (Å²) in [5.41, 5.74) is 1.32. The quantitative estimate of drug-likeness (QED) is 0.583. The fourth-order valence-electron chi connectivity index (χ4n) is 3.87. The summed E-state index contributed by atoms with van der Waals surface area (Å²) in [6.45, 7) is 1.06. The number of anilines is 1. The fraction of sp³-hybridized carbons (Fsp3) is 0.273. The zero-order valence-electron chi connectivity index (χ0n) is 17.1. The molecule has 0 unspecified atom stereocenters. The normalized spacial score (nSPS) is 15.5. The third-order valence-corrected chi connectivity index (χ3v) is 7.23. The van der Waals surface area contributed by atoms with Crippen LogP contribution in [-0.4, -0.2) is 43.9 Å². The van der Waals surface area contributed by atoms with Crippen LogP contribution in [0, 0.1) is 5.92 Å². The number of piperidine rings is 1. The van der Waals surface area contributed by atoms with Crippen LogP contribution < -0.4 is 9.64 Å². The smallest absolute Gasteiger partial charge is 0.481 e. The number of ether oxygens (including phenoxy) is 1. The van der Waals surface area contributed by atoms with Crippen LogP contribution in [0.1, 0.15) is 12.8 Å². The van der Waals surface area contributed by atoms with Crippen molar-refractivity contribution in [1.82, 2.24) is 4.98 Å². The van der Waals surface area contributed by atoms with Crippen molar-refractivity contribution >= 4 is 32.4 Å². The lowest BCUT2D eigenvalue weighted by atomic mass is 9.96. The van der Waals surface area contributed by atoms with E-state index < -0.39 is 33.8 Å². The molecule has 33 heavy (non-hydrogen) atoms. The highest BCUT2D eigenvalue weighted by molar-refractivity contribution is 7.91. The number of rotatable bonds is 5. The molecule has 2 heterocycles. The van der Waals surface area contributed by atoms with Crippen molar-refractivity contribution in [3.05, 3.63) is 54.7 Å². The summed E-state index contributed by atoms with van der Waals surface area (Å²) >= 11 is 0. The first-order valence-corrected chi connectivity index (χ1v) is 11.5. The van der Waals surface area contributed by atoms with Gasteiger partial charge in [0.25, 0.3) is 0 Å². The number of pyridine rings is 1. The van der Waals surface area contributed by atoms with Gasteiger partial charge in [0.2, 0.25) is 9.84 Å². The number of aromatic nitrogens is 1. The Hall–Kier alpha value is -3.34. The Labute approximate surface area is 187 Å². The van der Waals surface area contributed by atoms with Crippen molar-refractivity contribution in [2.24, 2.45) is 5.92 Å². The Bertz CT molecular complexity index is 1300. The molecule has 174 valence electrons. The maximum atomic E-state index is 13.0. The van der Waals surface area contributed by atoms with Crippen molar-refractivity contribution in [2.75, 3.05) is 18.0 Å². The number of fused-ring (bicyclic) bond motifs is 1. The molecule has 1 aliphatic heterocycles. The Morgan fingerprint density at radius 1 is 1.06 bits per heavy atom. The number of para-hydroxylation sites is 1. The fourth-order valence-corrected chi connectivity index (χ4v) is 5.14. The Morgan fingerprint density at radius 3 is 2.42 bits per heavy atom. The second kappa shape index (κ2) is 8.54. The molecule has 0 bridgehead atoms. The molecule has 1 N–H and O–H groups in total. The van der Waals surface area contributed by atoms with E-state index in [4.69, 9.17) is 0 Å². The number of alkyl halides is 3. The number of halogens is 3. The van der Waals surface area contributed by atoms with Gasteiger partial charge in [-0.15, -0.1) is 13.2 Å². The SMILES string of the molecule is O=C(O)C1CCN(c2cccc3cc(S(=O)(=O)c4cccc(OC(F)(F)F)c4)cnc23)CC1. The highest BCUT2D eigenvalue weighted by Gasteiger charge is 2.32. The molecule has 7 nitrogen and oxygen atoms in total. The number of benzene rings is 2. The van der Waals surface area contributed by atoms with Crippen LogP contribution in [-0.2, 0) is 14.6 Å². The average molecular weight is 480 g/mol. The minimum Gasteiger partial charge on any atom is -0.481 e. The van der Waals surface area contributed by atoms with Crippen LogP contribution in [0.5, 0.6) is 5.75 Å². The number of carbonyl (C=O) groups is 1. The monoisotopic (exact) mass is 480 g/mol. The van der Waals surface area contributed by atoms with E-state index in [0.29, 0.717) is 36.8 Å². The van der Waals surface area contributed by atoms with E-state index in [-0.39, 0.29) is 9.79 Å². The van der Waals surface area contributed by atoms with Gasteiger partial charge in [-0.3, -0.25) is 9.78 Å². The van der Waals surface area contributed by atoms with Gasteiger partial charge in [-0.1, -0.05) is 18.2 Å². The molecule has 1 aliphatic rings. The summed E-state index contributed by atoms with van der Waals surface area (Å²) in [5.74, 6) is -1.84. The molecule has 0 atom stereocenters. The Balaban J connectivity index is 1.65. The van der Waals surface area contributed by atoms with Crippen LogP contribution in [0.2, 0.25) is 0 Å². The number of sulfone groups is 1. The van der Waals surface area contributed by atoms with E-state index in [1.165, 1.54) is 24.4 Å². The van der Waals surface area contributed by atoms with Crippen LogP contribution in [0.3, 0.4) is 0 Å². The van der Waals surface area contributed by atoms with Crippen LogP contribution >= 0.6 is 0 Å². The van der Waals surface area contributed by atoms with Gasteiger partial charge in [-0.2, -0.15) is 0 Å². The third-order valence-electron chi connectivity index (χ3n) is 5.51. The molecule has 0 spiro atoms. The summed E-state index contributed by atoms with van der Waals surface area (Å²) in [5, 5.41) is 9.73. The van der Waals surface area contributed by atoms with E-state index in [2.05, 4.69) is 9.72 Å². The van der Waals surface area contributed by atoms with E-state index in [1.807, 2.05) is 11.0 Å². The predicted octanol–water partition coefficient (Wildman–Crippen LogP) is 4.27. The number of hydrogen-bond acceptors (Lipinski definition) is 6. The van der Waals surface area contributed by atoms with Gasteiger partial charge in [0.1, 0.15) is 5.75 Å². The molecule has 11 heteroatoms. The highest BCUT2D eigenvalue weighted by atomic mass is 32.2. The van der Waals surface area contributed by atoms with E-state index in [0.717, 1.165) is 17.8 Å². The Morgan fingerprint density at radius 2 is 1.76 bits per heavy atom. The molecular formula is C22H19F3N2O5S. The minimum absolute atomic E-state index is 0.166. The Kier molecular flexibility index (Phi) is 5.91. The average Bonchev–Trinajstić information content (AvgIpc) is 2.77. The molecule has 0 amide bonds. The van der Waals surface area contributed by atoms with E-state index in [1.54, 1.807) is 12.1 Å². The first-order valence-electron chi connectivity index (χ1n) is 10.0. The molecule has 1 aromatic heterocycles. The number of carboxylic acid groups (broad SMARTS) is 1. The zero-order valence-corrected chi connectivity index (χ0v) is 17.9. The summed E-state index contributed by atoms with van der Waals surface area (Å²) < 4.78 is 67.4. The standard InChI is InChI=1S/C22H19F3N2O5S/c23-22(24,25)32-16-4-2-5-17(12-16)33(30,31)18-11-15-3-1-6-19(20(15)26-13-18)27-9-7-14(8-10-27)21(28)29/h1-6,11-14H,7-10H2,(H,28,29). The van der Waals surface area contributed by atoms with Crippen molar-refractivity contribution in [1.29, 1.82) is 0 Å². The third kappa shape index (κ3) is 4.87. The molecule has 1 saturated heterocycles. The van der Waals surface area contributed by atoms with E-state index >= 15 is 0 Å². The molecule has 0 aliphatic carbocycles. The van der Waals surface area contributed by atoms with Crippen LogP contribution in [0.4, 0.5) is 18.9 Å². The highest BCUT2D eigenvalue weighted by Crippen LogP contribution is 2.32. The maximum Gasteiger partial charge on any atom is 0.573 e. The molecule has 0 saturated carbocycles. The topological polar surface area (TPSA) is 96.8 Å². The summed E-state index contributed by atoms with van der Waals surface area (Å²) in [4.78, 5) is 17.0. The lowest BCUT2D eigenvalue weighted by Gasteiger charge is -2.32. The molecule has 2 aromatic carbocycles. The largest absolute Gasteiger partial charge is 0.573 e. The van der Waals surface area contributed by atoms with Crippen molar-refractivity contribution in [3.63, 3.8) is 0 Å². The summed E-state index contributed by atoms with van der Waals surface area (Å²) in [6.07, 6.45) is -2.78. The van der Waals surface area contributed by atoms with Crippen molar-refractivity contribution < 1.29 is 36.2 Å². The predicted molar refractivity (Wildman–Crippen MR) is 113 cm³/mol. The van der Waals surface area contributed by atoms with Gasteiger partial charge >= 0.3 is 12.3 Å². The molecular weight excluding hydrogens is 461 g/mol. The van der Waals surface area contributed by atoms with Gasteiger partial charge in [-0.05, 0) is 43.2 Å². The molecule has 1 fully saturated rings. The van der Waals surface area contributed by atoms with Gasteiger partial charge in [0.15, 0.2) is 0 Å². The van der Waals surface area contributed by atoms with Crippen molar-refractivity contribution in [2.45, 2.75) is 29.0 Å². The second-order valence-corrected chi connectivity index (χ2v) is 9.60. The van der Waals surface area contributed by atoms with Gasteiger partial charge in [-0.25, -0.2) is 8.42 Å². The summed E-state index contributed by atoms with van der Waals surface area (Å²) in [7, 11) is -4.15. The lowest BCUT2D eigenvalue weighted by molar-refractivity contribution is -0.274. The number of nitrogens with zero attached hydrogens (tertiary/aromatic N) is 2. The van der Waals surface area contributed by atoms with Gasteiger partial charge < -0.3 is 14.7 Å². The first-order chi connectivity index (χ1) is 15.5. The maximum absolute atomic E-state index is 13.0. The number of aliphatic carboxylic acids is 1. The first kappa shape index (κ1) is 22.8. The number of carboxylic acids is 1. The molecule has 0 radical (unpaired) electrons. The van der Waals surface area contributed by atoms with E-state index in [9.17, 15) is 31.5 Å². The van der Waals surface area contributed by atoms with Gasteiger partial charge in [0, 0.05) is 24.7 Å². The van der Waals surface area contributed by atoms with Crippen molar-refractivity contribution in [3.8, 4) is 5.75 Å². The lowest BCUT2D eigenvalue weighted by Crippen LogP contribution is -2.36. The molecule has 4 rings (SSSR count). The number of hydrogen-bond donors (Lipinski definition) is 1. The minimum atomic E-state index is -4.94. The second-order valence-electron chi connectivity index (χ2n) is 7.65. The molecule has 3 aromatic rings. The van der Waals surface area contributed by atoms with Crippen LogP contribution in [0.15, 0.2) is 64.5 Å².